The molecule has 2 aromatic carbocycles. The van der Waals surface area contributed by atoms with Crippen LogP contribution >= 0.6 is 34.8 Å². The highest BCUT2D eigenvalue weighted by molar-refractivity contribution is 6.32. The molecule has 0 atom stereocenters. The third-order valence-corrected chi connectivity index (χ3v) is 3.51. The second-order valence-electron chi connectivity index (χ2n) is 3.92. The molecular weight excluding hydrogens is 310 g/mol. The van der Waals surface area contributed by atoms with E-state index in [0.29, 0.717) is 27.2 Å². The van der Waals surface area contributed by atoms with Gasteiger partial charge in [0.1, 0.15) is 18.2 Å². The average Bonchev–Trinajstić information content (AvgIpc) is 2.40. The van der Waals surface area contributed by atoms with Gasteiger partial charge in [0.05, 0.1) is 5.02 Å². The largest absolute Gasteiger partial charge is 0.487 e. The number of hydrogen-bond donors (Lipinski definition) is 0. The summed E-state index contributed by atoms with van der Waals surface area (Å²) in [6.45, 7) is 0.149. The molecule has 0 amide bonds. The highest BCUT2D eigenvalue weighted by Gasteiger charge is 2.06. The molecule has 0 fully saturated rings. The van der Waals surface area contributed by atoms with Crippen LogP contribution in [0.15, 0.2) is 36.4 Å². The summed E-state index contributed by atoms with van der Waals surface area (Å²) in [6.07, 6.45) is 0. The summed E-state index contributed by atoms with van der Waals surface area (Å²) >= 11 is 17.7. The zero-order chi connectivity index (χ0) is 13.8. The van der Waals surface area contributed by atoms with Gasteiger partial charge < -0.3 is 4.74 Å². The number of halogens is 4. The minimum Gasteiger partial charge on any atom is -0.487 e. The van der Waals surface area contributed by atoms with E-state index in [0.717, 1.165) is 5.56 Å². The van der Waals surface area contributed by atoms with Gasteiger partial charge in [-0.3, -0.25) is 0 Å². The molecule has 19 heavy (non-hydrogen) atoms. The molecule has 2 rings (SSSR count). The van der Waals surface area contributed by atoms with Crippen LogP contribution in [0.25, 0.3) is 0 Å². The minimum atomic E-state index is -0.355. The first-order chi connectivity index (χ1) is 9.10. The number of rotatable bonds is 4. The zero-order valence-electron chi connectivity index (χ0n) is 9.80. The molecule has 0 spiro atoms. The van der Waals surface area contributed by atoms with Gasteiger partial charge in [-0.05, 0) is 35.9 Å². The van der Waals surface area contributed by atoms with Crippen LogP contribution in [0.2, 0.25) is 10.0 Å². The Balaban J connectivity index is 2.12. The summed E-state index contributed by atoms with van der Waals surface area (Å²) in [5, 5.41) is 0.917. The molecule has 0 saturated carbocycles. The predicted molar refractivity (Wildman–Crippen MR) is 76.8 cm³/mol. The van der Waals surface area contributed by atoms with E-state index >= 15 is 0 Å². The molecule has 0 bridgehead atoms. The fourth-order valence-corrected chi connectivity index (χ4v) is 2.15. The Bertz CT molecular complexity index is 587. The third-order valence-electron chi connectivity index (χ3n) is 2.54. The first-order valence-corrected chi connectivity index (χ1v) is 6.80. The van der Waals surface area contributed by atoms with Crippen molar-refractivity contribution >= 4 is 34.8 Å². The van der Waals surface area contributed by atoms with Crippen LogP contribution in [-0.2, 0) is 12.5 Å². The van der Waals surface area contributed by atoms with Crippen molar-refractivity contribution < 1.29 is 9.13 Å². The molecule has 0 N–H and O–H groups in total. The van der Waals surface area contributed by atoms with Gasteiger partial charge in [-0.1, -0.05) is 29.3 Å². The van der Waals surface area contributed by atoms with E-state index in [1.54, 1.807) is 12.1 Å². The summed E-state index contributed by atoms with van der Waals surface area (Å²) in [4.78, 5) is 0. The number of hydrogen-bond acceptors (Lipinski definition) is 1. The summed E-state index contributed by atoms with van der Waals surface area (Å²) in [7, 11) is 0. The SMILES string of the molecule is Fc1ccc(Cl)c(COc2ccc(CCl)cc2Cl)c1. The average molecular weight is 320 g/mol. The topological polar surface area (TPSA) is 9.23 Å². The Morgan fingerprint density at radius 1 is 1.00 bits per heavy atom. The molecule has 2 aromatic rings. The molecule has 0 aliphatic heterocycles. The van der Waals surface area contributed by atoms with Gasteiger partial charge in [-0.2, -0.15) is 0 Å². The first kappa shape index (κ1) is 14.4. The fourth-order valence-electron chi connectivity index (χ4n) is 1.55. The summed E-state index contributed by atoms with van der Waals surface area (Å²) < 4.78 is 18.6. The van der Waals surface area contributed by atoms with Gasteiger partial charge in [0, 0.05) is 16.5 Å². The fraction of sp³-hybridized carbons (Fsp3) is 0.143. The molecule has 0 unspecified atom stereocenters. The van der Waals surface area contributed by atoms with E-state index in [1.165, 1.54) is 18.2 Å². The zero-order valence-corrected chi connectivity index (χ0v) is 12.1. The van der Waals surface area contributed by atoms with Crippen molar-refractivity contribution in [3.8, 4) is 5.75 Å². The standard InChI is InChI=1S/C14H10Cl3FO/c15-7-9-1-4-14(13(17)5-9)19-8-10-6-11(18)2-3-12(10)16/h1-6H,7-8H2. The van der Waals surface area contributed by atoms with Crippen LogP contribution in [0.3, 0.4) is 0 Å². The maximum Gasteiger partial charge on any atom is 0.138 e. The van der Waals surface area contributed by atoms with Crippen LogP contribution < -0.4 is 4.74 Å². The number of benzene rings is 2. The Labute approximate surface area is 125 Å². The lowest BCUT2D eigenvalue weighted by Gasteiger charge is -2.10. The smallest absolute Gasteiger partial charge is 0.138 e. The van der Waals surface area contributed by atoms with Crippen LogP contribution in [0.1, 0.15) is 11.1 Å². The molecule has 0 saturated heterocycles. The van der Waals surface area contributed by atoms with Gasteiger partial charge in [-0.15, -0.1) is 11.6 Å². The number of alkyl halides is 1. The lowest BCUT2D eigenvalue weighted by Crippen LogP contribution is -1.98. The molecule has 5 heteroatoms. The molecule has 100 valence electrons. The van der Waals surface area contributed by atoms with E-state index < -0.39 is 0 Å². The van der Waals surface area contributed by atoms with Crippen LogP contribution in [0.5, 0.6) is 5.75 Å². The molecule has 0 aliphatic carbocycles. The predicted octanol–water partition coefficient (Wildman–Crippen LogP) is 5.45. The molecule has 0 aliphatic rings. The monoisotopic (exact) mass is 318 g/mol. The second kappa shape index (κ2) is 6.47. The van der Waals surface area contributed by atoms with Gasteiger partial charge in [0.25, 0.3) is 0 Å². The van der Waals surface area contributed by atoms with E-state index in [1.807, 2.05) is 6.07 Å². The van der Waals surface area contributed by atoms with Gasteiger partial charge in [-0.25, -0.2) is 4.39 Å². The van der Waals surface area contributed by atoms with Crippen LogP contribution in [0.4, 0.5) is 4.39 Å². The summed E-state index contributed by atoms with van der Waals surface area (Å²) in [5.74, 6) is 0.540. The van der Waals surface area contributed by atoms with E-state index in [9.17, 15) is 4.39 Å². The minimum absolute atomic E-state index is 0.149. The van der Waals surface area contributed by atoms with Crippen LogP contribution in [-0.4, -0.2) is 0 Å². The second-order valence-corrected chi connectivity index (χ2v) is 5.00. The Morgan fingerprint density at radius 2 is 1.79 bits per heavy atom. The van der Waals surface area contributed by atoms with Gasteiger partial charge in [0.15, 0.2) is 0 Å². The Morgan fingerprint density at radius 3 is 2.47 bits per heavy atom. The molecule has 0 aromatic heterocycles. The van der Waals surface area contributed by atoms with Crippen molar-refractivity contribution in [3.05, 3.63) is 63.4 Å². The van der Waals surface area contributed by atoms with Crippen molar-refractivity contribution in [1.29, 1.82) is 0 Å². The van der Waals surface area contributed by atoms with Crippen molar-refractivity contribution in [2.45, 2.75) is 12.5 Å². The van der Waals surface area contributed by atoms with Gasteiger partial charge in [0.2, 0.25) is 0 Å². The molecule has 0 heterocycles. The van der Waals surface area contributed by atoms with Crippen molar-refractivity contribution in [3.63, 3.8) is 0 Å². The van der Waals surface area contributed by atoms with E-state index in [4.69, 9.17) is 39.5 Å². The Kier molecular flexibility index (Phi) is 4.92. The van der Waals surface area contributed by atoms with Gasteiger partial charge >= 0.3 is 0 Å². The van der Waals surface area contributed by atoms with Crippen molar-refractivity contribution in [2.24, 2.45) is 0 Å². The maximum atomic E-state index is 13.1. The molecular formula is C14H10Cl3FO. The van der Waals surface area contributed by atoms with Crippen LogP contribution in [0, 0.1) is 5.82 Å². The Hall–Kier alpha value is -0.960. The maximum absolute atomic E-state index is 13.1. The quantitative estimate of drug-likeness (QED) is 0.681. The summed E-state index contributed by atoms with van der Waals surface area (Å²) in [5.41, 5.74) is 1.47. The third kappa shape index (κ3) is 3.75. The van der Waals surface area contributed by atoms with E-state index in [-0.39, 0.29) is 12.4 Å². The normalized spacial score (nSPS) is 10.5. The highest BCUT2D eigenvalue weighted by Crippen LogP contribution is 2.28. The molecule has 1 nitrogen and oxygen atoms in total. The highest BCUT2D eigenvalue weighted by atomic mass is 35.5. The lowest BCUT2D eigenvalue weighted by molar-refractivity contribution is 0.306. The van der Waals surface area contributed by atoms with Crippen molar-refractivity contribution in [1.82, 2.24) is 0 Å². The van der Waals surface area contributed by atoms with Crippen molar-refractivity contribution in [2.75, 3.05) is 0 Å². The lowest BCUT2D eigenvalue weighted by atomic mass is 10.2. The first-order valence-electron chi connectivity index (χ1n) is 5.51. The number of ether oxygens (including phenoxy) is 1. The molecule has 0 radical (unpaired) electrons. The van der Waals surface area contributed by atoms with E-state index in [2.05, 4.69) is 0 Å². The summed E-state index contributed by atoms with van der Waals surface area (Å²) in [6, 6.07) is 9.41.